The molecule has 1 aromatic heterocycles. The first-order chi connectivity index (χ1) is 11.9. The maximum Gasteiger partial charge on any atom is 0.222 e. The minimum absolute atomic E-state index is 0.00196. The zero-order valence-electron chi connectivity index (χ0n) is 13.2. The summed E-state index contributed by atoms with van der Waals surface area (Å²) in [6, 6.07) is 7.21. The zero-order valence-corrected chi connectivity index (χ0v) is 15.6. The summed E-state index contributed by atoms with van der Waals surface area (Å²) in [7, 11) is 0. The van der Waals surface area contributed by atoms with Crippen LogP contribution in [0.4, 0.5) is 11.8 Å². The van der Waals surface area contributed by atoms with Crippen LogP contribution in [0.2, 0.25) is 5.02 Å². The van der Waals surface area contributed by atoms with Crippen LogP contribution in [0.5, 0.6) is 17.2 Å². The molecule has 6 nitrogen and oxygen atoms in total. The summed E-state index contributed by atoms with van der Waals surface area (Å²) in [5.41, 5.74) is 13.3. The van der Waals surface area contributed by atoms with E-state index >= 15 is 0 Å². The van der Waals surface area contributed by atoms with Gasteiger partial charge in [0.15, 0.2) is 0 Å². The number of nitrogens with two attached hydrogens (primary N) is 2. The highest BCUT2D eigenvalue weighted by Crippen LogP contribution is 2.46. The van der Waals surface area contributed by atoms with Crippen molar-refractivity contribution in [1.29, 1.82) is 0 Å². The highest BCUT2D eigenvalue weighted by Gasteiger charge is 2.28. The van der Waals surface area contributed by atoms with E-state index in [0.717, 1.165) is 10.0 Å². The van der Waals surface area contributed by atoms with Crippen molar-refractivity contribution < 1.29 is 9.47 Å². The van der Waals surface area contributed by atoms with Crippen LogP contribution >= 0.6 is 27.5 Å². The molecule has 0 fully saturated rings. The Morgan fingerprint density at radius 1 is 1.24 bits per heavy atom. The number of rotatable bonds is 2. The van der Waals surface area contributed by atoms with Crippen LogP contribution in [0.3, 0.4) is 0 Å². The first kappa shape index (κ1) is 16.2. The van der Waals surface area contributed by atoms with Crippen LogP contribution in [-0.4, -0.2) is 16.1 Å². The van der Waals surface area contributed by atoms with Crippen LogP contribution in [0.15, 0.2) is 28.7 Å². The van der Waals surface area contributed by atoms with E-state index in [4.69, 9.17) is 32.5 Å². The third kappa shape index (κ3) is 2.83. The molecule has 0 saturated carbocycles. The number of hydrogen-bond donors (Lipinski definition) is 2. The fourth-order valence-electron chi connectivity index (χ4n) is 2.94. The van der Waals surface area contributed by atoms with Crippen LogP contribution in [0.1, 0.15) is 12.5 Å². The summed E-state index contributed by atoms with van der Waals surface area (Å²) in [4.78, 5) is 8.31. The van der Waals surface area contributed by atoms with Gasteiger partial charge < -0.3 is 20.9 Å². The largest absolute Gasteiger partial charge is 0.489 e. The monoisotopic (exact) mass is 420 g/mol. The molecule has 1 aliphatic heterocycles. The number of nitrogen functional groups attached to an aromatic ring is 2. The molecule has 4 rings (SSSR count). The lowest BCUT2D eigenvalue weighted by Crippen LogP contribution is -2.06. The van der Waals surface area contributed by atoms with Gasteiger partial charge in [-0.3, -0.25) is 0 Å². The van der Waals surface area contributed by atoms with E-state index in [-0.39, 0.29) is 12.1 Å². The first-order valence-electron chi connectivity index (χ1n) is 7.60. The second-order valence-corrected chi connectivity index (χ2v) is 7.18. The lowest BCUT2D eigenvalue weighted by molar-refractivity contribution is 0.257. The van der Waals surface area contributed by atoms with Gasteiger partial charge in [-0.25, -0.2) is 4.98 Å². The predicted molar refractivity (Wildman–Crippen MR) is 101 cm³/mol. The van der Waals surface area contributed by atoms with E-state index in [1.165, 1.54) is 0 Å². The van der Waals surface area contributed by atoms with Crippen LogP contribution in [0.25, 0.3) is 10.9 Å². The Kier molecular flexibility index (Phi) is 3.85. The number of benzene rings is 2. The molecule has 2 aromatic carbocycles. The number of ether oxygens (including phenoxy) is 2. The zero-order chi connectivity index (χ0) is 17.7. The van der Waals surface area contributed by atoms with Gasteiger partial charge in [0.05, 0.1) is 15.9 Å². The predicted octanol–water partition coefficient (Wildman–Crippen LogP) is 4.33. The average Bonchev–Trinajstić information content (AvgIpc) is 2.91. The Labute approximate surface area is 157 Å². The molecule has 128 valence electrons. The number of anilines is 2. The van der Waals surface area contributed by atoms with Crippen molar-refractivity contribution in [3.05, 3.63) is 39.3 Å². The molecule has 0 radical (unpaired) electrons. The van der Waals surface area contributed by atoms with Gasteiger partial charge in [-0.15, -0.1) is 0 Å². The molecule has 3 aromatic rings. The van der Waals surface area contributed by atoms with Gasteiger partial charge in [0, 0.05) is 22.5 Å². The quantitative estimate of drug-likeness (QED) is 0.639. The topological polar surface area (TPSA) is 96.3 Å². The molecular formula is C17H14BrClN4O2. The molecule has 8 heteroatoms. The molecule has 0 amide bonds. The standard InChI is InChI=1S/C17H14BrClN4O2/c1-7-4-9-12(25-13-5-8(18)2-3-10(13)19)6-11-14(15(9)24-7)16(20)23-17(21)22-11/h2-3,5-7H,4H2,1H3,(H4,20,21,22,23). The maximum atomic E-state index is 6.25. The lowest BCUT2D eigenvalue weighted by Gasteiger charge is -2.14. The fourth-order valence-corrected chi connectivity index (χ4v) is 3.44. The van der Waals surface area contributed by atoms with Crippen molar-refractivity contribution in [3.63, 3.8) is 0 Å². The van der Waals surface area contributed by atoms with Gasteiger partial charge in [0.2, 0.25) is 5.95 Å². The number of hydrogen-bond acceptors (Lipinski definition) is 6. The molecule has 0 aliphatic carbocycles. The lowest BCUT2D eigenvalue weighted by atomic mass is 10.1. The van der Waals surface area contributed by atoms with Crippen molar-refractivity contribution >= 4 is 50.2 Å². The van der Waals surface area contributed by atoms with E-state index in [9.17, 15) is 0 Å². The smallest absolute Gasteiger partial charge is 0.222 e. The highest BCUT2D eigenvalue weighted by molar-refractivity contribution is 9.10. The number of nitrogens with zero attached hydrogens (tertiary/aromatic N) is 2. The third-order valence-electron chi connectivity index (χ3n) is 3.97. The summed E-state index contributed by atoms with van der Waals surface area (Å²) >= 11 is 9.68. The van der Waals surface area contributed by atoms with E-state index < -0.39 is 0 Å². The van der Waals surface area contributed by atoms with Crippen molar-refractivity contribution in [2.24, 2.45) is 0 Å². The first-order valence-corrected chi connectivity index (χ1v) is 8.77. The Morgan fingerprint density at radius 2 is 2.04 bits per heavy atom. The van der Waals surface area contributed by atoms with Gasteiger partial charge in [0.25, 0.3) is 0 Å². The third-order valence-corrected chi connectivity index (χ3v) is 4.78. The Balaban J connectivity index is 1.93. The van der Waals surface area contributed by atoms with Gasteiger partial charge in [0.1, 0.15) is 29.2 Å². The molecule has 0 spiro atoms. The van der Waals surface area contributed by atoms with Gasteiger partial charge in [-0.1, -0.05) is 27.5 Å². The van der Waals surface area contributed by atoms with Gasteiger partial charge in [-0.05, 0) is 25.1 Å². The number of halogens is 2. The summed E-state index contributed by atoms with van der Waals surface area (Å²) in [6.07, 6.45) is 0.689. The molecule has 1 atom stereocenters. The van der Waals surface area contributed by atoms with Crippen LogP contribution < -0.4 is 20.9 Å². The molecular weight excluding hydrogens is 408 g/mol. The molecule has 1 aliphatic rings. The fraction of sp³-hybridized carbons (Fsp3) is 0.176. The van der Waals surface area contributed by atoms with Crippen LogP contribution in [-0.2, 0) is 6.42 Å². The van der Waals surface area contributed by atoms with Crippen molar-refractivity contribution in [2.75, 3.05) is 11.5 Å². The van der Waals surface area contributed by atoms with E-state index in [1.54, 1.807) is 18.2 Å². The van der Waals surface area contributed by atoms with Gasteiger partial charge in [-0.2, -0.15) is 4.98 Å². The molecule has 25 heavy (non-hydrogen) atoms. The summed E-state index contributed by atoms with van der Waals surface area (Å²) in [5, 5.41) is 1.16. The SMILES string of the molecule is CC1Cc2c(Oc3cc(Br)ccc3Cl)cc3nc(N)nc(N)c3c2O1. The number of aromatic nitrogens is 2. The normalized spacial score (nSPS) is 15.9. The maximum absolute atomic E-state index is 6.25. The highest BCUT2D eigenvalue weighted by atomic mass is 79.9. The van der Waals surface area contributed by atoms with Crippen LogP contribution in [0, 0.1) is 0 Å². The molecule has 2 heterocycles. The summed E-state index contributed by atoms with van der Waals surface area (Å²) < 4.78 is 12.9. The second-order valence-electron chi connectivity index (χ2n) is 5.85. The van der Waals surface area contributed by atoms with Crippen molar-refractivity contribution in [2.45, 2.75) is 19.4 Å². The number of fused-ring (bicyclic) bond motifs is 3. The van der Waals surface area contributed by atoms with E-state index in [2.05, 4.69) is 25.9 Å². The van der Waals surface area contributed by atoms with E-state index in [0.29, 0.717) is 45.4 Å². The Hall–Kier alpha value is -2.25. The second kappa shape index (κ2) is 5.93. The Bertz CT molecular complexity index is 1010. The van der Waals surface area contributed by atoms with Crippen molar-refractivity contribution in [1.82, 2.24) is 9.97 Å². The van der Waals surface area contributed by atoms with Gasteiger partial charge >= 0.3 is 0 Å². The molecule has 1 unspecified atom stereocenters. The summed E-state index contributed by atoms with van der Waals surface area (Å²) in [5.74, 6) is 2.18. The molecule has 0 bridgehead atoms. The Morgan fingerprint density at radius 3 is 2.84 bits per heavy atom. The minimum Gasteiger partial charge on any atom is -0.489 e. The minimum atomic E-state index is -0.00196. The van der Waals surface area contributed by atoms with E-state index in [1.807, 2.05) is 13.0 Å². The molecule has 4 N–H and O–H groups in total. The van der Waals surface area contributed by atoms with Crippen molar-refractivity contribution in [3.8, 4) is 17.2 Å². The molecule has 0 saturated heterocycles. The average molecular weight is 422 g/mol. The summed E-state index contributed by atoms with van der Waals surface area (Å²) in [6.45, 7) is 1.98.